The maximum absolute atomic E-state index is 9.81. The minimum atomic E-state index is 0.150. The first-order chi connectivity index (χ1) is 10.1. The molecular weight excluding hydrogens is 260 g/mol. The molecule has 118 valence electrons. The zero-order valence-electron chi connectivity index (χ0n) is 13.8. The third-order valence-corrected chi connectivity index (χ3v) is 4.42. The van der Waals surface area contributed by atoms with Crippen molar-refractivity contribution in [2.75, 3.05) is 39.3 Å². The Labute approximate surface area is 129 Å². The van der Waals surface area contributed by atoms with Gasteiger partial charge in [0.1, 0.15) is 0 Å². The van der Waals surface area contributed by atoms with Crippen molar-refractivity contribution in [2.45, 2.75) is 33.2 Å². The highest BCUT2D eigenvalue weighted by atomic mass is 16.3. The van der Waals surface area contributed by atoms with Crippen molar-refractivity contribution >= 4 is 0 Å². The van der Waals surface area contributed by atoms with Crippen molar-refractivity contribution in [3.8, 4) is 0 Å². The topological polar surface area (TPSA) is 26.7 Å². The summed E-state index contributed by atoms with van der Waals surface area (Å²) in [4.78, 5) is 4.97. The summed E-state index contributed by atoms with van der Waals surface area (Å²) in [5.74, 6) is 0.728. The average molecular weight is 290 g/mol. The molecule has 0 radical (unpaired) electrons. The Balaban J connectivity index is 1.95. The van der Waals surface area contributed by atoms with Gasteiger partial charge >= 0.3 is 0 Å². The standard InChI is InChI=1S/C18H30N2O/c1-4-16-5-7-17(8-6-16)18(14-21)20-11-9-19(10-12-20)13-15(2)3/h5-8,15,18,21H,4,9-14H2,1-3H3. The second-order valence-corrected chi connectivity index (χ2v) is 6.52. The van der Waals surface area contributed by atoms with Crippen LogP contribution in [0.5, 0.6) is 0 Å². The van der Waals surface area contributed by atoms with Crippen molar-refractivity contribution < 1.29 is 5.11 Å². The van der Waals surface area contributed by atoms with Gasteiger partial charge in [-0.05, 0) is 23.5 Å². The zero-order chi connectivity index (χ0) is 15.2. The van der Waals surface area contributed by atoms with Crippen LogP contribution in [0.1, 0.15) is 37.9 Å². The first kappa shape index (κ1) is 16.5. The Bertz CT molecular complexity index is 408. The molecule has 0 spiro atoms. The third-order valence-electron chi connectivity index (χ3n) is 4.42. The zero-order valence-corrected chi connectivity index (χ0v) is 13.8. The van der Waals surface area contributed by atoms with Crippen molar-refractivity contribution in [1.82, 2.24) is 9.80 Å². The van der Waals surface area contributed by atoms with E-state index >= 15 is 0 Å². The molecule has 1 heterocycles. The summed E-state index contributed by atoms with van der Waals surface area (Å²) < 4.78 is 0. The Morgan fingerprint density at radius 3 is 2.14 bits per heavy atom. The molecule has 21 heavy (non-hydrogen) atoms. The highest BCUT2D eigenvalue weighted by Gasteiger charge is 2.24. The summed E-state index contributed by atoms with van der Waals surface area (Å²) in [6.45, 7) is 12.4. The lowest BCUT2D eigenvalue weighted by atomic mass is 10.0. The lowest BCUT2D eigenvalue weighted by Gasteiger charge is -2.39. The second-order valence-electron chi connectivity index (χ2n) is 6.52. The van der Waals surface area contributed by atoms with Crippen LogP contribution in [0.25, 0.3) is 0 Å². The fraction of sp³-hybridized carbons (Fsp3) is 0.667. The second kappa shape index (κ2) is 7.92. The number of piperazine rings is 1. The smallest absolute Gasteiger partial charge is 0.0628 e. The summed E-state index contributed by atoms with van der Waals surface area (Å²) in [5, 5.41) is 9.81. The quantitative estimate of drug-likeness (QED) is 0.872. The molecule has 3 heteroatoms. The molecule has 0 saturated carbocycles. The third kappa shape index (κ3) is 4.53. The maximum Gasteiger partial charge on any atom is 0.0628 e. The van der Waals surface area contributed by atoms with Crippen LogP contribution >= 0.6 is 0 Å². The van der Waals surface area contributed by atoms with E-state index in [2.05, 4.69) is 54.8 Å². The Morgan fingerprint density at radius 1 is 1.05 bits per heavy atom. The number of benzene rings is 1. The fourth-order valence-electron chi connectivity index (χ4n) is 3.18. The van der Waals surface area contributed by atoms with Crippen LogP contribution in [-0.2, 0) is 6.42 Å². The predicted octanol–water partition coefficient (Wildman–Crippen LogP) is 2.56. The fourth-order valence-corrected chi connectivity index (χ4v) is 3.18. The van der Waals surface area contributed by atoms with Crippen LogP contribution in [-0.4, -0.2) is 54.2 Å². The van der Waals surface area contributed by atoms with Crippen LogP contribution in [0.15, 0.2) is 24.3 Å². The van der Waals surface area contributed by atoms with Gasteiger partial charge in [-0.25, -0.2) is 0 Å². The molecule has 0 amide bonds. The molecule has 1 fully saturated rings. The lowest BCUT2D eigenvalue weighted by molar-refractivity contribution is 0.0606. The van der Waals surface area contributed by atoms with Crippen molar-refractivity contribution in [3.05, 3.63) is 35.4 Å². The molecule has 0 aliphatic carbocycles. The number of aliphatic hydroxyl groups is 1. The highest BCUT2D eigenvalue weighted by molar-refractivity contribution is 5.25. The largest absolute Gasteiger partial charge is 0.394 e. The van der Waals surface area contributed by atoms with E-state index < -0.39 is 0 Å². The molecular formula is C18H30N2O. The first-order valence-electron chi connectivity index (χ1n) is 8.30. The number of hydrogen-bond acceptors (Lipinski definition) is 3. The van der Waals surface area contributed by atoms with Gasteiger partial charge in [-0.15, -0.1) is 0 Å². The minimum Gasteiger partial charge on any atom is -0.394 e. The van der Waals surface area contributed by atoms with E-state index in [1.165, 1.54) is 17.7 Å². The van der Waals surface area contributed by atoms with E-state index in [4.69, 9.17) is 0 Å². The first-order valence-corrected chi connectivity index (χ1v) is 8.30. The van der Waals surface area contributed by atoms with E-state index in [9.17, 15) is 5.11 Å². The summed E-state index contributed by atoms with van der Waals surface area (Å²) in [6, 6.07) is 8.89. The Kier molecular flexibility index (Phi) is 6.22. The average Bonchev–Trinajstić information content (AvgIpc) is 2.50. The normalized spacial score (nSPS) is 19.1. The molecule has 1 N–H and O–H groups in total. The Morgan fingerprint density at radius 2 is 1.67 bits per heavy atom. The van der Waals surface area contributed by atoms with Gasteiger partial charge < -0.3 is 10.0 Å². The molecule has 0 aromatic heterocycles. The number of rotatable bonds is 6. The van der Waals surface area contributed by atoms with Crippen LogP contribution in [0, 0.1) is 5.92 Å². The van der Waals surface area contributed by atoms with Crippen molar-refractivity contribution in [2.24, 2.45) is 5.92 Å². The van der Waals surface area contributed by atoms with Gasteiger partial charge in [-0.2, -0.15) is 0 Å². The van der Waals surface area contributed by atoms with E-state index in [0.29, 0.717) is 0 Å². The summed E-state index contributed by atoms with van der Waals surface area (Å²) in [5.41, 5.74) is 2.60. The molecule has 2 rings (SSSR count). The summed E-state index contributed by atoms with van der Waals surface area (Å²) in [7, 11) is 0. The number of aliphatic hydroxyl groups excluding tert-OH is 1. The van der Waals surface area contributed by atoms with Crippen molar-refractivity contribution in [3.63, 3.8) is 0 Å². The van der Waals surface area contributed by atoms with Gasteiger partial charge in [0.25, 0.3) is 0 Å². The SMILES string of the molecule is CCc1ccc(C(CO)N2CCN(CC(C)C)CC2)cc1. The monoisotopic (exact) mass is 290 g/mol. The molecule has 0 bridgehead atoms. The molecule has 1 aliphatic heterocycles. The number of nitrogens with zero attached hydrogens (tertiary/aromatic N) is 2. The summed E-state index contributed by atoms with van der Waals surface area (Å²) in [6.07, 6.45) is 1.07. The molecule has 1 aromatic carbocycles. The maximum atomic E-state index is 9.81. The van der Waals surface area contributed by atoms with Gasteiger partial charge in [0.15, 0.2) is 0 Å². The van der Waals surface area contributed by atoms with E-state index in [-0.39, 0.29) is 12.6 Å². The lowest BCUT2D eigenvalue weighted by Crippen LogP contribution is -2.49. The summed E-state index contributed by atoms with van der Waals surface area (Å²) >= 11 is 0. The highest BCUT2D eigenvalue weighted by Crippen LogP contribution is 2.22. The van der Waals surface area contributed by atoms with E-state index in [1.54, 1.807) is 0 Å². The van der Waals surface area contributed by atoms with Gasteiger partial charge in [0.05, 0.1) is 12.6 Å². The van der Waals surface area contributed by atoms with Gasteiger partial charge in [0.2, 0.25) is 0 Å². The molecule has 1 unspecified atom stereocenters. The van der Waals surface area contributed by atoms with Crippen LogP contribution < -0.4 is 0 Å². The molecule has 1 saturated heterocycles. The van der Waals surface area contributed by atoms with E-state index in [1.807, 2.05) is 0 Å². The van der Waals surface area contributed by atoms with Crippen LogP contribution in [0.3, 0.4) is 0 Å². The van der Waals surface area contributed by atoms with Crippen LogP contribution in [0.2, 0.25) is 0 Å². The molecule has 1 aliphatic rings. The molecule has 1 aromatic rings. The van der Waals surface area contributed by atoms with Gasteiger partial charge in [-0.3, -0.25) is 4.90 Å². The van der Waals surface area contributed by atoms with Gasteiger partial charge in [0, 0.05) is 32.7 Å². The Hall–Kier alpha value is -0.900. The predicted molar refractivity (Wildman–Crippen MR) is 88.5 cm³/mol. The van der Waals surface area contributed by atoms with Crippen molar-refractivity contribution in [1.29, 1.82) is 0 Å². The van der Waals surface area contributed by atoms with Crippen LogP contribution in [0.4, 0.5) is 0 Å². The van der Waals surface area contributed by atoms with Gasteiger partial charge in [-0.1, -0.05) is 45.0 Å². The van der Waals surface area contributed by atoms with E-state index in [0.717, 1.165) is 38.5 Å². The molecule has 3 nitrogen and oxygen atoms in total. The number of aryl methyl sites for hydroxylation is 1. The molecule has 1 atom stereocenters. The minimum absolute atomic E-state index is 0.150. The number of hydrogen-bond donors (Lipinski definition) is 1.